The predicted octanol–water partition coefficient (Wildman–Crippen LogP) is 3.53. The molecule has 0 spiro atoms. The Morgan fingerprint density at radius 3 is 2.71 bits per heavy atom. The summed E-state index contributed by atoms with van der Waals surface area (Å²) < 4.78 is 0. The van der Waals surface area contributed by atoms with Gasteiger partial charge in [0.15, 0.2) is 0 Å². The molecule has 0 heterocycles. The molecule has 0 N–H and O–H groups in total. The van der Waals surface area contributed by atoms with Crippen molar-refractivity contribution in [1.29, 1.82) is 0 Å². The summed E-state index contributed by atoms with van der Waals surface area (Å²) in [6.07, 6.45) is 6.17. The summed E-state index contributed by atoms with van der Waals surface area (Å²) in [6, 6.07) is 6.54. The lowest BCUT2D eigenvalue weighted by Crippen LogP contribution is -2.03. The number of benzene rings is 1. The lowest BCUT2D eigenvalue weighted by molar-refractivity contribution is -0.384. The van der Waals surface area contributed by atoms with E-state index in [0.717, 1.165) is 5.56 Å². The van der Waals surface area contributed by atoms with Crippen molar-refractivity contribution < 1.29 is 4.92 Å². The van der Waals surface area contributed by atoms with Gasteiger partial charge in [0.2, 0.25) is 0 Å². The first-order chi connectivity index (χ1) is 8.25. The molecule has 2 rings (SSSR count). The highest BCUT2D eigenvalue weighted by atomic mass is 16.6. The van der Waals surface area contributed by atoms with Crippen LogP contribution in [0.15, 0.2) is 24.3 Å². The summed E-state index contributed by atoms with van der Waals surface area (Å²) in [4.78, 5) is 10.2. The van der Waals surface area contributed by atoms with Gasteiger partial charge in [0, 0.05) is 23.6 Å². The Bertz CT molecular complexity index is 465. The van der Waals surface area contributed by atoms with E-state index >= 15 is 0 Å². The van der Waals surface area contributed by atoms with Crippen LogP contribution in [0.2, 0.25) is 0 Å². The van der Waals surface area contributed by atoms with Gasteiger partial charge in [0.1, 0.15) is 0 Å². The highest BCUT2D eigenvalue weighted by molar-refractivity contribution is 5.43. The molecule has 1 aliphatic carbocycles. The van der Waals surface area contributed by atoms with Crippen molar-refractivity contribution in [3.05, 3.63) is 39.9 Å². The normalized spacial score (nSPS) is 16.0. The Morgan fingerprint density at radius 1 is 1.24 bits per heavy atom. The average molecular weight is 229 g/mol. The van der Waals surface area contributed by atoms with Crippen LogP contribution in [-0.2, 0) is 0 Å². The maximum atomic E-state index is 10.6. The summed E-state index contributed by atoms with van der Waals surface area (Å²) in [5.41, 5.74) is 0.852. The van der Waals surface area contributed by atoms with Crippen LogP contribution in [0.4, 0.5) is 5.69 Å². The van der Waals surface area contributed by atoms with Crippen molar-refractivity contribution in [2.75, 3.05) is 0 Å². The molecule has 88 valence electrons. The minimum absolute atomic E-state index is 0.112. The zero-order valence-electron chi connectivity index (χ0n) is 9.69. The molecule has 0 atom stereocenters. The summed E-state index contributed by atoms with van der Waals surface area (Å²) in [5, 5.41) is 10.6. The second-order valence-corrected chi connectivity index (χ2v) is 4.41. The molecule has 1 aromatic carbocycles. The van der Waals surface area contributed by atoms with E-state index in [2.05, 4.69) is 11.8 Å². The minimum Gasteiger partial charge on any atom is -0.258 e. The molecule has 0 aromatic heterocycles. The van der Waals surface area contributed by atoms with Gasteiger partial charge >= 0.3 is 0 Å². The third kappa shape index (κ3) is 3.32. The van der Waals surface area contributed by atoms with Gasteiger partial charge in [0.25, 0.3) is 5.69 Å². The molecule has 0 aliphatic heterocycles. The first-order valence-electron chi connectivity index (χ1n) is 6.02. The summed E-state index contributed by atoms with van der Waals surface area (Å²) in [5.74, 6) is 6.76. The highest BCUT2D eigenvalue weighted by Gasteiger charge is 2.10. The van der Waals surface area contributed by atoms with Crippen LogP contribution in [0.1, 0.15) is 37.7 Å². The van der Waals surface area contributed by atoms with Gasteiger partial charge in [-0.2, -0.15) is 0 Å². The maximum absolute atomic E-state index is 10.6. The number of hydrogen-bond acceptors (Lipinski definition) is 2. The van der Waals surface area contributed by atoms with E-state index in [1.165, 1.54) is 44.2 Å². The van der Waals surface area contributed by atoms with E-state index in [9.17, 15) is 10.1 Å². The minimum atomic E-state index is -0.383. The monoisotopic (exact) mass is 229 g/mol. The number of rotatable bonds is 1. The number of nitrogens with zero attached hydrogens (tertiary/aromatic N) is 1. The smallest absolute Gasteiger partial charge is 0.258 e. The van der Waals surface area contributed by atoms with Gasteiger partial charge in [-0.15, -0.1) is 0 Å². The fourth-order valence-corrected chi connectivity index (χ4v) is 2.13. The van der Waals surface area contributed by atoms with Crippen LogP contribution in [0.5, 0.6) is 0 Å². The highest BCUT2D eigenvalue weighted by Crippen LogP contribution is 2.23. The molecule has 1 fully saturated rings. The second kappa shape index (κ2) is 5.49. The summed E-state index contributed by atoms with van der Waals surface area (Å²) in [7, 11) is 0. The fraction of sp³-hybridized carbons (Fsp3) is 0.429. The first kappa shape index (κ1) is 11.7. The first-order valence-corrected chi connectivity index (χ1v) is 6.02. The Kier molecular flexibility index (Phi) is 3.77. The Hall–Kier alpha value is -1.82. The van der Waals surface area contributed by atoms with Crippen LogP contribution in [0, 0.1) is 27.9 Å². The molecular weight excluding hydrogens is 214 g/mol. The molecule has 0 radical (unpaired) electrons. The van der Waals surface area contributed by atoms with E-state index in [1.807, 2.05) is 6.07 Å². The summed E-state index contributed by atoms with van der Waals surface area (Å²) >= 11 is 0. The molecular formula is C14H15NO2. The lowest BCUT2D eigenvalue weighted by Gasteiger charge is -2.15. The molecule has 3 heteroatoms. The van der Waals surface area contributed by atoms with E-state index in [0.29, 0.717) is 5.92 Å². The fourth-order valence-electron chi connectivity index (χ4n) is 2.13. The Balaban J connectivity index is 2.09. The molecule has 17 heavy (non-hydrogen) atoms. The van der Waals surface area contributed by atoms with Crippen molar-refractivity contribution in [2.45, 2.75) is 32.1 Å². The van der Waals surface area contributed by atoms with Crippen molar-refractivity contribution in [2.24, 2.45) is 5.92 Å². The van der Waals surface area contributed by atoms with E-state index in [-0.39, 0.29) is 10.6 Å². The predicted molar refractivity (Wildman–Crippen MR) is 66.5 cm³/mol. The van der Waals surface area contributed by atoms with Crippen molar-refractivity contribution >= 4 is 5.69 Å². The number of non-ortho nitro benzene ring substituents is 1. The quantitative estimate of drug-likeness (QED) is 0.420. The van der Waals surface area contributed by atoms with Gasteiger partial charge < -0.3 is 0 Å². The molecule has 0 saturated heterocycles. The Morgan fingerprint density at radius 2 is 2.00 bits per heavy atom. The number of nitro groups is 1. The van der Waals surface area contributed by atoms with E-state index < -0.39 is 0 Å². The number of hydrogen-bond donors (Lipinski definition) is 0. The molecule has 1 aromatic rings. The van der Waals surface area contributed by atoms with Crippen LogP contribution >= 0.6 is 0 Å². The SMILES string of the molecule is O=[N+]([O-])c1cccc(C#CC2CCCCC2)c1. The van der Waals surface area contributed by atoms with E-state index in [1.54, 1.807) is 6.07 Å². The molecule has 1 saturated carbocycles. The third-order valence-corrected chi connectivity index (χ3v) is 3.08. The van der Waals surface area contributed by atoms with Crippen LogP contribution in [0.3, 0.4) is 0 Å². The maximum Gasteiger partial charge on any atom is 0.270 e. The molecule has 0 bridgehead atoms. The van der Waals surface area contributed by atoms with Crippen LogP contribution in [-0.4, -0.2) is 4.92 Å². The lowest BCUT2D eigenvalue weighted by atomic mass is 9.90. The van der Waals surface area contributed by atoms with Crippen molar-refractivity contribution in [3.8, 4) is 11.8 Å². The zero-order valence-corrected chi connectivity index (χ0v) is 9.69. The Labute approximate surface area is 101 Å². The second-order valence-electron chi connectivity index (χ2n) is 4.41. The number of nitro benzene ring substituents is 1. The zero-order chi connectivity index (χ0) is 12.1. The average Bonchev–Trinajstić information content (AvgIpc) is 2.38. The van der Waals surface area contributed by atoms with Crippen LogP contribution in [0.25, 0.3) is 0 Å². The molecule has 3 nitrogen and oxygen atoms in total. The van der Waals surface area contributed by atoms with Gasteiger partial charge in [-0.25, -0.2) is 0 Å². The summed E-state index contributed by atoms with van der Waals surface area (Å²) in [6.45, 7) is 0. The molecule has 1 aliphatic rings. The standard InChI is InChI=1S/C14H15NO2/c16-15(17)14-8-4-7-13(11-14)10-9-12-5-2-1-3-6-12/h4,7-8,11-12H,1-3,5-6H2. The van der Waals surface area contributed by atoms with Gasteiger partial charge in [-0.05, 0) is 18.9 Å². The molecule has 0 amide bonds. The topological polar surface area (TPSA) is 43.1 Å². The van der Waals surface area contributed by atoms with Crippen molar-refractivity contribution in [1.82, 2.24) is 0 Å². The van der Waals surface area contributed by atoms with E-state index in [4.69, 9.17) is 0 Å². The van der Waals surface area contributed by atoms with Gasteiger partial charge in [-0.3, -0.25) is 10.1 Å². The third-order valence-electron chi connectivity index (χ3n) is 3.08. The van der Waals surface area contributed by atoms with Gasteiger partial charge in [-0.1, -0.05) is 37.2 Å². The van der Waals surface area contributed by atoms with Crippen molar-refractivity contribution in [3.63, 3.8) is 0 Å². The van der Waals surface area contributed by atoms with Gasteiger partial charge in [0.05, 0.1) is 4.92 Å². The molecule has 0 unspecified atom stereocenters. The largest absolute Gasteiger partial charge is 0.270 e. The van der Waals surface area contributed by atoms with Crippen LogP contribution < -0.4 is 0 Å².